The molecule has 6 heteroatoms. The molecule has 3 rings (SSSR count). The number of hydrogen-bond acceptors (Lipinski definition) is 3. The van der Waals surface area contributed by atoms with Crippen molar-refractivity contribution in [2.45, 2.75) is 39.2 Å². The van der Waals surface area contributed by atoms with Gasteiger partial charge in [0.05, 0.1) is 6.61 Å². The van der Waals surface area contributed by atoms with E-state index in [0.717, 1.165) is 25.0 Å². The average Bonchev–Trinajstić information content (AvgIpc) is 2.61. The number of fused-ring (bicyclic) bond motifs is 1. The Morgan fingerprint density at radius 3 is 2.88 bits per heavy atom. The van der Waals surface area contributed by atoms with Crippen molar-refractivity contribution in [1.82, 2.24) is 10.3 Å². The molecule has 0 fully saturated rings. The minimum absolute atomic E-state index is 0.00754. The number of H-pyrrole nitrogens is 1. The standard InChI is InChI=1S/C19H21FN2O3/c1-2-25-13-8-7-12(16(20)9-13)10-22-19(24)15-11-21-17-6-4-3-5-14(17)18(15)23/h7-9,11H,2-6,10H2,1H3,(H,21,23)(H,22,24). The van der Waals surface area contributed by atoms with Crippen molar-refractivity contribution < 1.29 is 13.9 Å². The van der Waals surface area contributed by atoms with Gasteiger partial charge in [-0.05, 0) is 38.7 Å². The highest BCUT2D eigenvalue weighted by Crippen LogP contribution is 2.18. The normalized spacial score (nSPS) is 13.2. The van der Waals surface area contributed by atoms with Crippen molar-refractivity contribution in [2.24, 2.45) is 0 Å². The third-order valence-electron chi connectivity index (χ3n) is 4.40. The first kappa shape index (κ1) is 17.2. The largest absolute Gasteiger partial charge is 0.494 e. The zero-order valence-corrected chi connectivity index (χ0v) is 14.2. The molecule has 0 saturated carbocycles. The lowest BCUT2D eigenvalue weighted by molar-refractivity contribution is 0.0949. The van der Waals surface area contributed by atoms with Gasteiger partial charge in [0.25, 0.3) is 5.91 Å². The second-order valence-electron chi connectivity index (χ2n) is 6.06. The number of ether oxygens (including phenoxy) is 1. The van der Waals surface area contributed by atoms with Crippen LogP contribution in [0, 0.1) is 5.82 Å². The number of halogens is 1. The molecule has 1 aliphatic rings. The van der Waals surface area contributed by atoms with E-state index in [9.17, 15) is 14.0 Å². The summed E-state index contributed by atoms with van der Waals surface area (Å²) < 4.78 is 19.3. The van der Waals surface area contributed by atoms with Gasteiger partial charge in [-0.2, -0.15) is 0 Å². The number of carbonyl (C=O) groups is 1. The number of aromatic amines is 1. The third-order valence-corrected chi connectivity index (χ3v) is 4.40. The number of carbonyl (C=O) groups excluding carboxylic acids is 1. The Balaban J connectivity index is 1.72. The molecule has 1 aromatic carbocycles. The second kappa shape index (κ2) is 7.51. The van der Waals surface area contributed by atoms with Crippen LogP contribution in [0.1, 0.15) is 46.9 Å². The molecule has 25 heavy (non-hydrogen) atoms. The number of nitrogens with one attached hydrogen (secondary N) is 2. The van der Waals surface area contributed by atoms with Gasteiger partial charge in [0.2, 0.25) is 0 Å². The van der Waals surface area contributed by atoms with Gasteiger partial charge in [0.15, 0.2) is 5.43 Å². The van der Waals surface area contributed by atoms with E-state index in [0.29, 0.717) is 29.9 Å². The molecule has 0 saturated heterocycles. The lowest BCUT2D eigenvalue weighted by Crippen LogP contribution is -2.31. The summed E-state index contributed by atoms with van der Waals surface area (Å²) in [6.07, 6.45) is 4.99. The van der Waals surface area contributed by atoms with Gasteiger partial charge < -0.3 is 15.0 Å². The molecule has 5 nitrogen and oxygen atoms in total. The van der Waals surface area contributed by atoms with Crippen LogP contribution in [0.25, 0.3) is 0 Å². The minimum atomic E-state index is -0.497. The smallest absolute Gasteiger partial charge is 0.257 e. The van der Waals surface area contributed by atoms with Crippen molar-refractivity contribution in [1.29, 1.82) is 0 Å². The molecule has 132 valence electrons. The van der Waals surface area contributed by atoms with Gasteiger partial charge >= 0.3 is 0 Å². The molecule has 0 spiro atoms. The number of hydrogen-bond donors (Lipinski definition) is 2. The van der Waals surface area contributed by atoms with Crippen LogP contribution in [0.4, 0.5) is 4.39 Å². The maximum atomic E-state index is 14.0. The summed E-state index contributed by atoms with van der Waals surface area (Å²) in [4.78, 5) is 27.9. The molecule has 1 heterocycles. The Hall–Kier alpha value is -2.63. The van der Waals surface area contributed by atoms with E-state index in [1.807, 2.05) is 6.92 Å². The van der Waals surface area contributed by atoms with Crippen LogP contribution in [0.5, 0.6) is 5.75 Å². The molecule has 0 unspecified atom stereocenters. The summed E-state index contributed by atoms with van der Waals surface area (Å²) in [7, 11) is 0. The summed E-state index contributed by atoms with van der Waals surface area (Å²) in [5, 5.41) is 2.62. The minimum Gasteiger partial charge on any atom is -0.494 e. The highest BCUT2D eigenvalue weighted by molar-refractivity contribution is 5.94. The Bertz CT molecular complexity index is 845. The Labute approximate surface area is 145 Å². The van der Waals surface area contributed by atoms with Crippen LogP contribution in [0.2, 0.25) is 0 Å². The van der Waals surface area contributed by atoms with E-state index in [1.165, 1.54) is 12.3 Å². The molecule has 0 atom stereocenters. The first-order valence-electron chi connectivity index (χ1n) is 8.53. The topological polar surface area (TPSA) is 71.2 Å². The van der Waals surface area contributed by atoms with E-state index < -0.39 is 11.7 Å². The highest BCUT2D eigenvalue weighted by Gasteiger charge is 2.19. The lowest BCUT2D eigenvalue weighted by Gasteiger charge is -2.15. The van der Waals surface area contributed by atoms with Crippen LogP contribution in [-0.4, -0.2) is 17.5 Å². The van der Waals surface area contributed by atoms with Crippen molar-refractivity contribution in [3.05, 3.63) is 62.8 Å². The Kier molecular flexibility index (Phi) is 5.16. The van der Waals surface area contributed by atoms with Gasteiger partial charge in [-0.1, -0.05) is 6.07 Å². The Morgan fingerprint density at radius 2 is 2.12 bits per heavy atom. The van der Waals surface area contributed by atoms with E-state index in [-0.39, 0.29) is 17.5 Å². The van der Waals surface area contributed by atoms with Crippen LogP contribution in [0.3, 0.4) is 0 Å². The van der Waals surface area contributed by atoms with Crippen molar-refractivity contribution in [3.63, 3.8) is 0 Å². The van der Waals surface area contributed by atoms with E-state index in [1.54, 1.807) is 12.1 Å². The maximum Gasteiger partial charge on any atom is 0.257 e. The third kappa shape index (κ3) is 3.73. The van der Waals surface area contributed by atoms with Crippen LogP contribution < -0.4 is 15.5 Å². The highest BCUT2D eigenvalue weighted by atomic mass is 19.1. The zero-order valence-electron chi connectivity index (χ0n) is 14.2. The van der Waals surface area contributed by atoms with E-state index in [2.05, 4.69) is 10.3 Å². The number of aryl methyl sites for hydroxylation is 1. The summed E-state index contributed by atoms with van der Waals surface area (Å²) in [5.41, 5.74) is 1.81. The van der Waals surface area contributed by atoms with E-state index in [4.69, 9.17) is 4.74 Å². The molecule has 2 aromatic rings. The van der Waals surface area contributed by atoms with Gasteiger partial charge in [0, 0.05) is 35.6 Å². The summed E-state index contributed by atoms with van der Waals surface area (Å²) in [6.45, 7) is 2.28. The fraction of sp³-hybridized carbons (Fsp3) is 0.368. The monoisotopic (exact) mass is 344 g/mol. The number of rotatable bonds is 5. The average molecular weight is 344 g/mol. The van der Waals surface area contributed by atoms with Crippen molar-refractivity contribution >= 4 is 5.91 Å². The van der Waals surface area contributed by atoms with Gasteiger partial charge in [-0.25, -0.2) is 4.39 Å². The molecule has 1 amide bonds. The summed E-state index contributed by atoms with van der Waals surface area (Å²) in [5.74, 6) is -0.505. The molecule has 0 bridgehead atoms. The predicted octanol–water partition coefficient (Wildman–Crippen LogP) is 2.72. The fourth-order valence-electron chi connectivity index (χ4n) is 3.07. The van der Waals surface area contributed by atoms with Crippen LogP contribution >= 0.6 is 0 Å². The second-order valence-corrected chi connectivity index (χ2v) is 6.06. The molecular formula is C19H21FN2O3. The number of pyridine rings is 1. The molecule has 2 N–H and O–H groups in total. The predicted molar refractivity (Wildman–Crippen MR) is 92.4 cm³/mol. The quantitative estimate of drug-likeness (QED) is 0.876. The number of benzene rings is 1. The number of aromatic nitrogens is 1. The lowest BCUT2D eigenvalue weighted by atomic mass is 9.94. The molecule has 1 aliphatic carbocycles. The van der Waals surface area contributed by atoms with Crippen molar-refractivity contribution in [3.8, 4) is 5.75 Å². The first-order valence-corrected chi connectivity index (χ1v) is 8.53. The van der Waals surface area contributed by atoms with Gasteiger partial charge in [-0.3, -0.25) is 9.59 Å². The van der Waals surface area contributed by atoms with Gasteiger partial charge in [0.1, 0.15) is 17.1 Å². The fourth-order valence-corrected chi connectivity index (χ4v) is 3.07. The summed E-state index contributed by atoms with van der Waals surface area (Å²) >= 11 is 0. The first-order chi connectivity index (χ1) is 12.1. The van der Waals surface area contributed by atoms with E-state index >= 15 is 0 Å². The zero-order chi connectivity index (χ0) is 17.8. The van der Waals surface area contributed by atoms with Crippen molar-refractivity contribution in [2.75, 3.05) is 6.61 Å². The van der Waals surface area contributed by atoms with Gasteiger partial charge in [-0.15, -0.1) is 0 Å². The maximum absolute atomic E-state index is 14.0. The molecular weight excluding hydrogens is 323 g/mol. The molecule has 1 aromatic heterocycles. The number of amides is 1. The SMILES string of the molecule is CCOc1ccc(CNC(=O)c2c[nH]c3c(c2=O)CCCC3)c(F)c1. The van der Waals surface area contributed by atoms with Crippen LogP contribution in [0.15, 0.2) is 29.2 Å². The Morgan fingerprint density at radius 1 is 1.32 bits per heavy atom. The molecule has 0 aliphatic heterocycles. The molecule has 0 radical (unpaired) electrons. The summed E-state index contributed by atoms with van der Waals surface area (Å²) in [6, 6.07) is 4.51. The van der Waals surface area contributed by atoms with Crippen LogP contribution in [-0.2, 0) is 19.4 Å².